The average molecular weight is 287 g/mol. The third-order valence-electron chi connectivity index (χ3n) is 2.87. The lowest BCUT2D eigenvalue weighted by molar-refractivity contribution is -0.136. The van der Waals surface area contributed by atoms with Crippen molar-refractivity contribution in [2.45, 2.75) is 13.3 Å². The number of hydrogen-bond donors (Lipinski definition) is 2. The Hall–Kier alpha value is -2.63. The SMILES string of the molecule is COc1ccc(-c2cc(NCCC(=O)O)nc(C)n2)cc1. The molecular weight excluding hydrogens is 270 g/mol. The smallest absolute Gasteiger partial charge is 0.305 e. The molecule has 2 N–H and O–H groups in total. The molecule has 2 aromatic rings. The molecule has 6 nitrogen and oxygen atoms in total. The van der Waals surface area contributed by atoms with Crippen LogP contribution in [0.2, 0.25) is 0 Å². The third kappa shape index (κ3) is 4.17. The molecule has 21 heavy (non-hydrogen) atoms. The number of carbonyl (C=O) groups is 1. The number of ether oxygens (including phenoxy) is 1. The van der Waals surface area contributed by atoms with Gasteiger partial charge in [0.1, 0.15) is 17.4 Å². The molecule has 0 amide bonds. The molecule has 0 fully saturated rings. The van der Waals surface area contributed by atoms with Gasteiger partial charge in [-0.3, -0.25) is 4.79 Å². The van der Waals surface area contributed by atoms with Crippen molar-refractivity contribution < 1.29 is 14.6 Å². The lowest BCUT2D eigenvalue weighted by atomic mass is 10.1. The van der Waals surface area contributed by atoms with E-state index in [1.807, 2.05) is 24.3 Å². The van der Waals surface area contributed by atoms with Crippen LogP contribution in [0.25, 0.3) is 11.3 Å². The predicted molar refractivity (Wildman–Crippen MR) is 79.5 cm³/mol. The number of nitrogens with one attached hydrogen (secondary N) is 1. The van der Waals surface area contributed by atoms with Gasteiger partial charge in [0.15, 0.2) is 0 Å². The molecule has 0 saturated carbocycles. The zero-order valence-corrected chi connectivity index (χ0v) is 12.0. The number of carboxylic acid groups (broad SMARTS) is 1. The van der Waals surface area contributed by atoms with E-state index in [2.05, 4.69) is 15.3 Å². The van der Waals surface area contributed by atoms with Crippen LogP contribution in [-0.2, 0) is 4.79 Å². The number of aryl methyl sites for hydroxylation is 1. The molecule has 0 aliphatic heterocycles. The van der Waals surface area contributed by atoms with E-state index < -0.39 is 5.97 Å². The van der Waals surface area contributed by atoms with Crippen molar-refractivity contribution in [1.82, 2.24) is 9.97 Å². The zero-order valence-electron chi connectivity index (χ0n) is 12.0. The number of methoxy groups -OCH3 is 1. The summed E-state index contributed by atoms with van der Waals surface area (Å²) in [6, 6.07) is 9.37. The first-order valence-corrected chi connectivity index (χ1v) is 6.54. The summed E-state index contributed by atoms with van der Waals surface area (Å²) in [5.41, 5.74) is 1.73. The molecule has 0 unspecified atom stereocenters. The second-order valence-electron chi connectivity index (χ2n) is 4.48. The molecule has 0 spiro atoms. The number of nitrogens with zero attached hydrogens (tertiary/aromatic N) is 2. The Labute approximate surface area is 122 Å². The van der Waals surface area contributed by atoms with Gasteiger partial charge in [-0.05, 0) is 31.2 Å². The molecule has 2 rings (SSSR count). The second-order valence-corrected chi connectivity index (χ2v) is 4.48. The normalized spacial score (nSPS) is 10.2. The largest absolute Gasteiger partial charge is 0.497 e. The highest BCUT2D eigenvalue weighted by atomic mass is 16.5. The molecule has 0 atom stereocenters. The van der Waals surface area contributed by atoms with Gasteiger partial charge in [-0.2, -0.15) is 0 Å². The van der Waals surface area contributed by atoms with Crippen LogP contribution >= 0.6 is 0 Å². The van der Waals surface area contributed by atoms with E-state index in [4.69, 9.17) is 9.84 Å². The first-order valence-electron chi connectivity index (χ1n) is 6.54. The second kappa shape index (κ2) is 6.69. The average Bonchev–Trinajstić information content (AvgIpc) is 2.46. The monoisotopic (exact) mass is 287 g/mol. The van der Waals surface area contributed by atoms with E-state index in [0.29, 0.717) is 18.2 Å². The van der Waals surface area contributed by atoms with Crippen LogP contribution in [0.1, 0.15) is 12.2 Å². The van der Waals surface area contributed by atoms with Gasteiger partial charge < -0.3 is 15.2 Å². The Kier molecular flexibility index (Phi) is 4.71. The van der Waals surface area contributed by atoms with Gasteiger partial charge in [-0.25, -0.2) is 9.97 Å². The standard InChI is InChI=1S/C15H17N3O3/c1-10-17-13(11-3-5-12(21-2)6-4-11)9-14(18-10)16-8-7-15(19)20/h3-6,9H,7-8H2,1-2H3,(H,19,20)(H,16,17,18). The maximum absolute atomic E-state index is 10.5. The van der Waals surface area contributed by atoms with Crippen molar-refractivity contribution in [1.29, 1.82) is 0 Å². The van der Waals surface area contributed by atoms with Crippen LogP contribution < -0.4 is 10.1 Å². The van der Waals surface area contributed by atoms with Gasteiger partial charge in [0.05, 0.1) is 19.2 Å². The molecule has 110 valence electrons. The lowest BCUT2D eigenvalue weighted by Crippen LogP contribution is -2.09. The molecule has 0 radical (unpaired) electrons. The molecule has 1 aromatic heterocycles. The van der Waals surface area contributed by atoms with Gasteiger partial charge in [-0.15, -0.1) is 0 Å². The van der Waals surface area contributed by atoms with Crippen molar-refractivity contribution in [3.63, 3.8) is 0 Å². The quantitative estimate of drug-likeness (QED) is 0.848. The van der Waals surface area contributed by atoms with Gasteiger partial charge >= 0.3 is 5.97 Å². The summed E-state index contributed by atoms with van der Waals surface area (Å²) in [6.07, 6.45) is 0.0426. The van der Waals surface area contributed by atoms with Crippen LogP contribution in [0.15, 0.2) is 30.3 Å². The van der Waals surface area contributed by atoms with E-state index in [1.165, 1.54) is 0 Å². The first-order chi connectivity index (χ1) is 10.1. The molecule has 0 aliphatic carbocycles. The molecule has 6 heteroatoms. The van der Waals surface area contributed by atoms with E-state index in [-0.39, 0.29) is 6.42 Å². The van der Waals surface area contributed by atoms with Crippen LogP contribution in [0.4, 0.5) is 5.82 Å². The summed E-state index contributed by atoms with van der Waals surface area (Å²) in [4.78, 5) is 19.2. The number of rotatable bonds is 6. The van der Waals surface area contributed by atoms with E-state index in [0.717, 1.165) is 17.0 Å². The fourth-order valence-corrected chi connectivity index (χ4v) is 1.87. The number of aromatic nitrogens is 2. The fraction of sp³-hybridized carbons (Fsp3) is 0.267. The highest BCUT2D eigenvalue weighted by Gasteiger charge is 2.05. The highest BCUT2D eigenvalue weighted by molar-refractivity contribution is 5.68. The minimum absolute atomic E-state index is 0.0426. The van der Waals surface area contributed by atoms with E-state index in [9.17, 15) is 4.79 Å². The van der Waals surface area contributed by atoms with Crippen LogP contribution in [0.3, 0.4) is 0 Å². The van der Waals surface area contributed by atoms with Crippen molar-refractivity contribution >= 4 is 11.8 Å². The molecule has 0 saturated heterocycles. The fourth-order valence-electron chi connectivity index (χ4n) is 1.87. The summed E-state index contributed by atoms with van der Waals surface area (Å²) in [5, 5.41) is 11.6. The van der Waals surface area contributed by atoms with E-state index >= 15 is 0 Å². The Balaban J connectivity index is 2.19. The van der Waals surface area contributed by atoms with Gasteiger partial charge in [-0.1, -0.05) is 0 Å². The van der Waals surface area contributed by atoms with Gasteiger partial charge in [0.25, 0.3) is 0 Å². The topological polar surface area (TPSA) is 84.3 Å². The van der Waals surface area contributed by atoms with Crippen LogP contribution in [-0.4, -0.2) is 34.7 Å². The summed E-state index contributed by atoms with van der Waals surface area (Å²) < 4.78 is 5.13. The molecule has 1 aromatic carbocycles. The summed E-state index contributed by atoms with van der Waals surface area (Å²) >= 11 is 0. The van der Waals surface area contributed by atoms with Gasteiger partial charge in [0.2, 0.25) is 0 Å². The minimum atomic E-state index is -0.844. The van der Waals surface area contributed by atoms with Crippen molar-refractivity contribution in [3.8, 4) is 17.0 Å². The Morgan fingerprint density at radius 3 is 2.62 bits per heavy atom. The molecule has 0 bridgehead atoms. The number of hydrogen-bond acceptors (Lipinski definition) is 5. The molecule has 1 heterocycles. The van der Waals surface area contributed by atoms with Crippen LogP contribution in [0.5, 0.6) is 5.75 Å². The summed E-state index contributed by atoms with van der Waals surface area (Å²) in [5.74, 6) is 1.18. The van der Waals surface area contributed by atoms with Crippen molar-refractivity contribution in [2.24, 2.45) is 0 Å². The Morgan fingerprint density at radius 2 is 2.00 bits per heavy atom. The molecule has 0 aliphatic rings. The maximum atomic E-state index is 10.5. The lowest BCUT2D eigenvalue weighted by Gasteiger charge is -2.08. The maximum Gasteiger partial charge on any atom is 0.305 e. The Bertz CT molecular complexity index is 627. The van der Waals surface area contributed by atoms with Crippen molar-refractivity contribution in [2.75, 3.05) is 19.0 Å². The van der Waals surface area contributed by atoms with Crippen LogP contribution in [0, 0.1) is 6.92 Å². The third-order valence-corrected chi connectivity index (χ3v) is 2.87. The minimum Gasteiger partial charge on any atom is -0.497 e. The molecular formula is C15H17N3O3. The number of anilines is 1. The number of carboxylic acids is 1. The number of aliphatic carboxylic acids is 1. The zero-order chi connectivity index (χ0) is 15.2. The predicted octanol–water partition coefficient (Wildman–Crippen LogP) is 2.35. The van der Waals surface area contributed by atoms with Crippen molar-refractivity contribution in [3.05, 3.63) is 36.2 Å². The van der Waals surface area contributed by atoms with E-state index in [1.54, 1.807) is 20.1 Å². The first kappa shape index (κ1) is 14.8. The Morgan fingerprint density at radius 1 is 1.29 bits per heavy atom. The summed E-state index contributed by atoms with van der Waals surface area (Å²) in [6.45, 7) is 2.13. The summed E-state index contributed by atoms with van der Waals surface area (Å²) in [7, 11) is 1.62. The van der Waals surface area contributed by atoms with Gasteiger partial charge in [0, 0.05) is 18.2 Å². The number of benzene rings is 1. The highest BCUT2D eigenvalue weighted by Crippen LogP contribution is 2.22.